The van der Waals surface area contributed by atoms with Crippen LogP contribution in [0.25, 0.3) is 0 Å². The number of terminal acetylenes is 1. The number of nitrogens with zero attached hydrogens (tertiary/aromatic N) is 1. The highest BCUT2D eigenvalue weighted by molar-refractivity contribution is 5.94. The van der Waals surface area contributed by atoms with Crippen LogP contribution in [-0.4, -0.2) is 44.7 Å². The van der Waals surface area contributed by atoms with Crippen LogP contribution in [0.5, 0.6) is 11.5 Å². The van der Waals surface area contributed by atoms with Crippen LogP contribution in [0.3, 0.4) is 0 Å². The monoisotopic (exact) mass is 408 g/mol. The number of anilines is 1. The fourth-order valence-electron chi connectivity index (χ4n) is 2.59. The van der Waals surface area contributed by atoms with E-state index in [1.165, 1.54) is 0 Å². The first-order chi connectivity index (χ1) is 14.5. The number of rotatable bonds is 9. The summed E-state index contributed by atoms with van der Waals surface area (Å²) in [6.07, 6.45) is 5.24. The molecular formula is C23H28N4O3. The highest BCUT2D eigenvalue weighted by Gasteiger charge is 2.10. The number of carbonyl (C=O) groups is 1. The Morgan fingerprint density at radius 3 is 2.63 bits per heavy atom. The third kappa shape index (κ3) is 7.40. The fourth-order valence-corrected chi connectivity index (χ4v) is 2.59. The van der Waals surface area contributed by atoms with Gasteiger partial charge >= 0.3 is 0 Å². The predicted molar refractivity (Wildman–Crippen MR) is 120 cm³/mol. The lowest BCUT2D eigenvalue weighted by atomic mass is 10.2. The van der Waals surface area contributed by atoms with Crippen molar-refractivity contribution in [3.8, 4) is 23.8 Å². The molecule has 2 aromatic rings. The SMILES string of the molecule is C#Cc1cccc(NC(=O)CN=C(NCC)NCC(C)Oc2ccccc2OC)c1. The van der Waals surface area contributed by atoms with Crippen molar-refractivity contribution in [1.29, 1.82) is 0 Å². The van der Waals surface area contributed by atoms with E-state index in [9.17, 15) is 4.79 Å². The van der Waals surface area contributed by atoms with Crippen LogP contribution in [0.2, 0.25) is 0 Å². The van der Waals surface area contributed by atoms with Crippen molar-refractivity contribution >= 4 is 17.6 Å². The van der Waals surface area contributed by atoms with Crippen molar-refractivity contribution in [1.82, 2.24) is 10.6 Å². The van der Waals surface area contributed by atoms with Crippen molar-refractivity contribution in [2.24, 2.45) is 4.99 Å². The van der Waals surface area contributed by atoms with E-state index in [4.69, 9.17) is 15.9 Å². The lowest BCUT2D eigenvalue weighted by Gasteiger charge is -2.19. The van der Waals surface area contributed by atoms with Gasteiger partial charge < -0.3 is 25.4 Å². The summed E-state index contributed by atoms with van der Waals surface area (Å²) in [7, 11) is 1.61. The smallest absolute Gasteiger partial charge is 0.246 e. The van der Waals surface area contributed by atoms with Gasteiger partial charge in [-0.25, -0.2) is 4.99 Å². The maximum atomic E-state index is 12.2. The molecular weight excluding hydrogens is 380 g/mol. The summed E-state index contributed by atoms with van der Waals surface area (Å²) in [5.41, 5.74) is 1.35. The minimum Gasteiger partial charge on any atom is -0.493 e. The Bertz CT molecular complexity index is 905. The van der Waals surface area contributed by atoms with Gasteiger partial charge in [-0.3, -0.25) is 4.79 Å². The van der Waals surface area contributed by atoms with E-state index in [0.717, 1.165) is 0 Å². The zero-order valence-electron chi connectivity index (χ0n) is 17.6. The highest BCUT2D eigenvalue weighted by Crippen LogP contribution is 2.26. The van der Waals surface area contributed by atoms with Crippen LogP contribution < -0.4 is 25.4 Å². The zero-order chi connectivity index (χ0) is 21.8. The van der Waals surface area contributed by atoms with Gasteiger partial charge in [-0.2, -0.15) is 0 Å². The number of aliphatic imine (C=N–C) groups is 1. The maximum Gasteiger partial charge on any atom is 0.246 e. The van der Waals surface area contributed by atoms with Crippen molar-refractivity contribution in [3.05, 3.63) is 54.1 Å². The van der Waals surface area contributed by atoms with Gasteiger partial charge in [-0.15, -0.1) is 6.42 Å². The number of guanidine groups is 1. The van der Waals surface area contributed by atoms with E-state index in [0.29, 0.717) is 41.8 Å². The average Bonchev–Trinajstić information content (AvgIpc) is 2.76. The number of hydrogen-bond acceptors (Lipinski definition) is 4. The van der Waals surface area contributed by atoms with Gasteiger partial charge in [0.05, 0.1) is 13.7 Å². The number of amides is 1. The Labute approximate surface area is 177 Å². The molecule has 3 N–H and O–H groups in total. The van der Waals surface area contributed by atoms with E-state index >= 15 is 0 Å². The number of hydrogen-bond donors (Lipinski definition) is 3. The quantitative estimate of drug-likeness (QED) is 0.338. The lowest BCUT2D eigenvalue weighted by molar-refractivity contribution is -0.114. The molecule has 0 fully saturated rings. The van der Waals surface area contributed by atoms with Gasteiger partial charge in [0.15, 0.2) is 17.5 Å². The van der Waals surface area contributed by atoms with Crippen LogP contribution in [0.4, 0.5) is 5.69 Å². The van der Waals surface area contributed by atoms with Gasteiger partial charge in [0, 0.05) is 17.8 Å². The fraction of sp³-hybridized carbons (Fsp3) is 0.304. The molecule has 1 atom stereocenters. The molecule has 0 aromatic heterocycles. The summed E-state index contributed by atoms with van der Waals surface area (Å²) in [5.74, 6) is 4.18. The van der Waals surface area contributed by atoms with Gasteiger partial charge in [-0.05, 0) is 44.2 Å². The number of carbonyl (C=O) groups excluding carboxylic acids is 1. The molecule has 0 spiro atoms. The average molecular weight is 409 g/mol. The Kier molecular flexibility index (Phi) is 9.07. The molecule has 0 radical (unpaired) electrons. The zero-order valence-corrected chi connectivity index (χ0v) is 17.6. The standard InChI is InChI=1S/C23H28N4O3/c1-5-18-10-9-11-19(14-18)27-22(28)16-26-23(24-6-2)25-15-17(3)30-21-13-8-7-12-20(21)29-4/h1,7-14,17H,6,15-16H2,2-4H3,(H,27,28)(H2,24,25,26). The molecule has 0 aliphatic heterocycles. The minimum atomic E-state index is -0.236. The normalized spacial score (nSPS) is 11.7. The number of benzene rings is 2. The van der Waals surface area contributed by atoms with Crippen LogP contribution in [-0.2, 0) is 4.79 Å². The lowest BCUT2D eigenvalue weighted by Crippen LogP contribution is -2.42. The third-order valence-corrected chi connectivity index (χ3v) is 3.99. The Morgan fingerprint density at radius 1 is 1.17 bits per heavy atom. The Balaban J connectivity index is 1.88. The topological polar surface area (TPSA) is 84.0 Å². The van der Waals surface area contributed by atoms with E-state index in [1.807, 2.05) is 38.1 Å². The second kappa shape index (κ2) is 12.0. The van der Waals surface area contributed by atoms with Gasteiger partial charge in [0.1, 0.15) is 12.6 Å². The molecule has 30 heavy (non-hydrogen) atoms. The summed E-state index contributed by atoms with van der Waals surface area (Å²) in [4.78, 5) is 16.5. The molecule has 2 aromatic carbocycles. The summed E-state index contributed by atoms with van der Waals surface area (Å²) >= 11 is 0. The van der Waals surface area contributed by atoms with Crippen LogP contribution in [0, 0.1) is 12.3 Å². The molecule has 0 bridgehead atoms. The highest BCUT2D eigenvalue weighted by atomic mass is 16.5. The number of methoxy groups -OCH3 is 1. The van der Waals surface area contributed by atoms with Crippen LogP contribution in [0.15, 0.2) is 53.5 Å². The van der Waals surface area contributed by atoms with Gasteiger partial charge in [0.25, 0.3) is 0 Å². The first-order valence-corrected chi connectivity index (χ1v) is 9.74. The molecule has 7 heteroatoms. The van der Waals surface area contributed by atoms with E-state index in [1.54, 1.807) is 31.4 Å². The van der Waals surface area contributed by atoms with Crippen molar-refractivity contribution in [2.45, 2.75) is 20.0 Å². The molecule has 1 amide bonds. The number of nitrogens with one attached hydrogen (secondary N) is 3. The van der Waals surface area contributed by atoms with Crippen molar-refractivity contribution in [3.63, 3.8) is 0 Å². The van der Waals surface area contributed by atoms with Gasteiger partial charge in [-0.1, -0.05) is 24.1 Å². The molecule has 0 saturated carbocycles. The van der Waals surface area contributed by atoms with Crippen LogP contribution in [0.1, 0.15) is 19.4 Å². The van der Waals surface area contributed by atoms with Crippen molar-refractivity contribution in [2.75, 3.05) is 32.1 Å². The molecule has 0 aliphatic carbocycles. The molecule has 2 rings (SSSR count). The molecule has 0 saturated heterocycles. The Hall–Kier alpha value is -3.66. The first kappa shape index (κ1) is 22.6. The summed E-state index contributed by atoms with van der Waals surface area (Å²) < 4.78 is 11.2. The maximum absolute atomic E-state index is 12.2. The molecule has 0 aliphatic rings. The van der Waals surface area contributed by atoms with Crippen molar-refractivity contribution < 1.29 is 14.3 Å². The largest absolute Gasteiger partial charge is 0.493 e. The second-order valence-electron chi connectivity index (χ2n) is 6.43. The minimum absolute atomic E-state index is 0.0304. The third-order valence-electron chi connectivity index (χ3n) is 3.99. The molecule has 0 heterocycles. The molecule has 1 unspecified atom stereocenters. The first-order valence-electron chi connectivity index (χ1n) is 9.74. The number of ether oxygens (including phenoxy) is 2. The Morgan fingerprint density at radius 2 is 1.93 bits per heavy atom. The van der Waals surface area contributed by atoms with Crippen LogP contribution >= 0.6 is 0 Å². The summed E-state index contributed by atoms with van der Waals surface area (Å²) in [6.45, 7) is 5.03. The van der Waals surface area contributed by atoms with Gasteiger partial charge in [0.2, 0.25) is 5.91 Å². The van der Waals surface area contributed by atoms with E-state index < -0.39 is 0 Å². The van der Waals surface area contributed by atoms with E-state index in [-0.39, 0.29) is 18.6 Å². The summed E-state index contributed by atoms with van der Waals surface area (Å²) in [6, 6.07) is 14.6. The predicted octanol–water partition coefficient (Wildman–Crippen LogP) is 2.64. The summed E-state index contributed by atoms with van der Waals surface area (Å²) in [5, 5.41) is 9.08. The second-order valence-corrected chi connectivity index (χ2v) is 6.43. The molecule has 158 valence electrons. The van der Waals surface area contributed by atoms with E-state index in [2.05, 4.69) is 26.9 Å². The molecule has 7 nitrogen and oxygen atoms in total. The number of para-hydroxylation sites is 2.